The zero-order valence-corrected chi connectivity index (χ0v) is 11.5. The molecule has 2 aromatic heterocycles. The number of aromatic nitrogens is 4. The molecule has 0 saturated heterocycles. The van der Waals surface area contributed by atoms with Gasteiger partial charge in [0.05, 0.1) is 5.69 Å². The summed E-state index contributed by atoms with van der Waals surface area (Å²) in [4.78, 5) is 4.39. The zero-order chi connectivity index (χ0) is 13.1. The molecule has 0 fully saturated rings. The van der Waals surface area contributed by atoms with Crippen LogP contribution in [0.1, 0.15) is 30.0 Å². The third-order valence-electron chi connectivity index (χ3n) is 3.30. The van der Waals surface area contributed by atoms with Crippen LogP contribution in [-0.4, -0.2) is 26.4 Å². The van der Waals surface area contributed by atoms with Gasteiger partial charge in [-0.15, -0.1) is 0 Å². The van der Waals surface area contributed by atoms with Crippen molar-refractivity contribution in [1.82, 2.24) is 24.6 Å². The molecule has 5 nitrogen and oxygen atoms in total. The van der Waals surface area contributed by atoms with Gasteiger partial charge in [-0.25, -0.2) is 4.98 Å². The standard InChI is InChI=1S/C13H21N5/c1-5-11-10(9-18(4)16-11)12(14-2)8-13-15-6-7-17(13)3/h6-7,9,12,14H,5,8H2,1-4H3. The van der Waals surface area contributed by atoms with E-state index in [1.54, 1.807) is 0 Å². The van der Waals surface area contributed by atoms with Crippen molar-refractivity contribution in [2.45, 2.75) is 25.8 Å². The second kappa shape index (κ2) is 5.35. The van der Waals surface area contributed by atoms with Gasteiger partial charge in [0, 0.05) is 50.7 Å². The molecule has 0 bridgehead atoms. The molecule has 1 N–H and O–H groups in total. The highest BCUT2D eigenvalue weighted by Gasteiger charge is 2.18. The highest BCUT2D eigenvalue weighted by Crippen LogP contribution is 2.20. The SMILES string of the molecule is CCc1nn(C)cc1C(Cc1nccn1C)NC. The van der Waals surface area contributed by atoms with Gasteiger partial charge in [-0.3, -0.25) is 4.68 Å². The van der Waals surface area contributed by atoms with Crippen molar-refractivity contribution in [3.63, 3.8) is 0 Å². The Bertz CT molecular complexity index is 511. The maximum absolute atomic E-state index is 4.50. The first-order valence-corrected chi connectivity index (χ1v) is 6.31. The van der Waals surface area contributed by atoms with Gasteiger partial charge in [-0.05, 0) is 13.5 Å². The Morgan fingerprint density at radius 3 is 2.72 bits per heavy atom. The first-order chi connectivity index (χ1) is 8.65. The largest absolute Gasteiger partial charge is 0.338 e. The maximum Gasteiger partial charge on any atom is 0.110 e. The first kappa shape index (κ1) is 12.8. The van der Waals surface area contributed by atoms with Gasteiger partial charge < -0.3 is 9.88 Å². The average molecular weight is 247 g/mol. The number of hydrogen-bond donors (Lipinski definition) is 1. The molecule has 1 atom stereocenters. The Labute approximate surface area is 108 Å². The van der Waals surface area contributed by atoms with Crippen LogP contribution in [0.3, 0.4) is 0 Å². The molecule has 2 rings (SSSR count). The fraction of sp³-hybridized carbons (Fsp3) is 0.538. The second-order valence-electron chi connectivity index (χ2n) is 4.56. The molecule has 0 saturated carbocycles. The molecule has 0 aliphatic rings. The highest BCUT2D eigenvalue weighted by molar-refractivity contribution is 5.22. The van der Waals surface area contributed by atoms with Crippen molar-refractivity contribution < 1.29 is 0 Å². The van der Waals surface area contributed by atoms with E-state index in [4.69, 9.17) is 0 Å². The Kier molecular flexibility index (Phi) is 3.81. The predicted octanol–water partition coefficient (Wildman–Crippen LogP) is 1.22. The van der Waals surface area contributed by atoms with Gasteiger partial charge in [0.25, 0.3) is 0 Å². The van der Waals surface area contributed by atoms with Crippen LogP contribution in [0.2, 0.25) is 0 Å². The minimum absolute atomic E-state index is 0.259. The first-order valence-electron chi connectivity index (χ1n) is 6.31. The molecule has 2 heterocycles. The van der Waals surface area contributed by atoms with E-state index >= 15 is 0 Å². The Hall–Kier alpha value is -1.62. The molecule has 98 valence electrons. The van der Waals surface area contributed by atoms with E-state index in [-0.39, 0.29) is 6.04 Å². The molecule has 0 aliphatic carbocycles. The lowest BCUT2D eigenvalue weighted by molar-refractivity contribution is 0.559. The van der Waals surface area contributed by atoms with Gasteiger partial charge >= 0.3 is 0 Å². The number of aryl methyl sites for hydroxylation is 3. The fourth-order valence-corrected chi connectivity index (χ4v) is 2.26. The van der Waals surface area contributed by atoms with Crippen molar-refractivity contribution in [3.8, 4) is 0 Å². The quantitative estimate of drug-likeness (QED) is 0.864. The minimum Gasteiger partial charge on any atom is -0.338 e. The monoisotopic (exact) mass is 247 g/mol. The van der Waals surface area contributed by atoms with Crippen LogP contribution < -0.4 is 5.32 Å². The summed E-state index contributed by atoms with van der Waals surface area (Å²) in [6.07, 6.45) is 7.74. The van der Waals surface area contributed by atoms with Crippen LogP contribution in [0.5, 0.6) is 0 Å². The smallest absolute Gasteiger partial charge is 0.110 e. The number of nitrogens with one attached hydrogen (secondary N) is 1. The molecular formula is C13H21N5. The summed E-state index contributed by atoms with van der Waals surface area (Å²) in [5, 5.41) is 7.86. The third kappa shape index (κ3) is 2.46. The van der Waals surface area contributed by atoms with Crippen LogP contribution in [0.15, 0.2) is 18.6 Å². The van der Waals surface area contributed by atoms with Crippen molar-refractivity contribution in [3.05, 3.63) is 35.7 Å². The van der Waals surface area contributed by atoms with E-state index in [0.717, 1.165) is 24.4 Å². The van der Waals surface area contributed by atoms with Crippen molar-refractivity contribution in [1.29, 1.82) is 0 Å². The number of imidazole rings is 1. The van der Waals surface area contributed by atoms with E-state index < -0.39 is 0 Å². The van der Waals surface area contributed by atoms with Gasteiger partial charge in [-0.2, -0.15) is 5.10 Å². The summed E-state index contributed by atoms with van der Waals surface area (Å²) >= 11 is 0. The molecule has 0 aromatic carbocycles. The molecule has 0 aliphatic heterocycles. The molecule has 2 aromatic rings. The van der Waals surface area contributed by atoms with Gasteiger partial charge in [-0.1, -0.05) is 6.92 Å². The number of hydrogen-bond acceptors (Lipinski definition) is 3. The van der Waals surface area contributed by atoms with Gasteiger partial charge in [0.2, 0.25) is 0 Å². The maximum atomic E-state index is 4.50. The molecule has 0 spiro atoms. The van der Waals surface area contributed by atoms with E-state index in [0.29, 0.717) is 0 Å². The minimum atomic E-state index is 0.259. The van der Waals surface area contributed by atoms with E-state index in [1.807, 2.05) is 38.2 Å². The summed E-state index contributed by atoms with van der Waals surface area (Å²) in [5.74, 6) is 1.08. The normalized spacial score (nSPS) is 12.9. The fourth-order valence-electron chi connectivity index (χ4n) is 2.26. The molecule has 18 heavy (non-hydrogen) atoms. The third-order valence-corrected chi connectivity index (χ3v) is 3.30. The Morgan fingerprint density at radius 1 is 1.39 bits per heavy atom. The number of nitrogens with zero attached hydrogens (tertiary/aromatic N) is 4. The topological polar surface area (TPSA) is 47.7 Å². The zero-order valence-electron chi connectivity index (χ0n) is 11.5. The lowest BCUT2D eigenvalue weighted by atomic mass is 10.0. The summed E-state index contributed by atoms with van der Waals surface area (Å²) < 4.78 is 3.95. The summed E-state index contributed by atoms with van der Waals surface area (Å²) in [7, 11) is 5.98. The summed E-state index contributed by atoms with van der Waals surface area (Å²) in [5.41, 5.74) is 2.43. The number of likely N-dealkylation sites (N-methyl/N-ethyl adjacent to an activating group) is 1. The van der Waals surface area contributed by atoms with Crippen molar-refractivity contribution in [2.24, 2.45) is 14.1 Å². The van der Waals surface area contributed by atoms with Gasteiger partial charge in [0.1, 0.15) is 5.82 Å². The van der Waals surface area contributed by atoms with Crippen LogP contribution in [0.25, 0.3) is 0 Å². The molecule has 0 radical (unpaired) electrons. The van der Waals surface area contributed by atoms with E-state index in [2.05, 4.69) is 33.1 Å². The Balaban J connectivity index is 2.25. The molecule has 5 heteroatoms. The highest BCUT2D eigenvalue weighted by atomic mass is 15.3. The molecule has 1 unspecified atom stereocenters. The van der Waals surface area contributed by atoms with Crippen LogP contribution in [-0.2, 0) is 26.9 Å². The lowest BCUT2D eigenvalue weighted by Gasteiger charge is -2.15. The van der Waals surface area contributed by atoms with E-state index in [9.17, 15) is 0 Å². The van der Waals surface area contributed by atoms with Crippen LogP contribution in [0, 0.1) is 0 Å². The summed E-state index contributed by atoms with van der Waals surface area (Å²) in [6.45, 7) is 2.14. The number of rotatable bonds is 5. The van der Waals surface area contributed by atoms with E-state index in [1.165, 1.54) is 5.56 Å². The summed E-state index contributed by atoms with van der Waals surface area (Å²) in [6, 6.07) is 0.259. The van der Waals surface area contributed by atoms with Gasteiger partial charge in [0.15, 0.2) is 0 Å². The predicted molar refractivity (Wildman–Crippen MR) is 71.3 cm³/mol. The van der Waals surface area contributed by atoms with Crippen LogP contribution in [0.4, 0.5) is 0 Å². The molecule has 0 amide bonds. The lowest BCUT2D eigenvalue weighted by Crippen LogP contribution is -2.21. The van der Waals surface area contributed by atoms with Crippen molar-refractivity contribution in [2.75, 3.05) is 7.05 Å². The van der Waals surface area contributed by atoms with Crippen LogP contribution >= 0.6 is 0 Å². The average Bonchev–Trinajstić information content (AvgIpc) is 2.92. The van der Waals surface area contributed by atoms with Crippen molar-refractivity contribution >= 4 is 0 Å². The molecular weight excluding hydrogens is 226 g/mol. The Morgan fingerprint density at radius 2 is 2.17 bits per heavy atom. The second-order valence-corrected chi connectivity index (χ2v) is 4.56.